The van der Waals surface area contributed by atoms with E-state index in [0.29, 0.717) is 5.56 Å². The molecule has 8 heteroatoms. The Kier molecular flexibility index (Phi) is 10.2. The second-order valence-corrected chi connectivity index (χ2v) is 6.08. The minimum Gasteiger partial charge on any atom is -0.461 e. The minimum absolute atomic E-state index is 0.0155. The van der Waals surface area contributed by atoms with Crippen molar-refractivity contribution >= 4 is 46.1 Å². The van der Waals surface area contributed by atoms with Gasteiger partial charge in [-0.1, -0.05) is 35.7 Å². The molecule has 27 heavy (non-hydrogen) atoms. The average Bonchev–Trinajstić information content (AvgIpc) is 2.71. The molecule has 0 bridgehead atoms. The molecular formula is C19H23IN2O5. The molecule has 146 valence electrons. The van der Waals surface area contributed by atoms with E-state index in [-0.39, 0.29) is 32.2 Å². The maximum Gasteiger partial charge on any atom is 0.330 e. The summed E-state index contributed by atoms with van der Waals surface area (Å²) in [7, 11) is 1.96. The van der Waals surface area contributed by atoms with E-state index in [0.717, 1.165) is 22.4 Å². The van der Waals surface area contributed by atoms with Gasteiger partial charge >= 0.3 is 11.9 Å². The summed E-state index contributed by atoms with van der Waals surface area (Å²) in [4.78, 5) is 38.6. The maximum atomic E-state index is 12.8. The van der Waals surface area contributed by atoms with Crippen LogP contribution in [0, 0.1) is 0 Å². The first-order chi connectivity index (χ1) is 12.9. The topological polar surface area (TPSA) is 76.1 Å². The molecule has 0 N–H and O–H groups in total. The Labute approximate surface area is 172 Å². The molecule has 0 saturated heterocycles. The van der Waals surface area contributed by atoms with Gasteiger partial charge in [-0.2, -0.15) is 0 Å². The Morgan fingerprint density at radius 1 is 1.00 bits per heavy atom. The molecule has 0 aliphatic carbocycles. The number of ether oxygens (including phenoxy) is 2. The molecule has 0 spiro atoms. The summed E-state index contributed by atoms with van der Waals surface area (Å²) >= 11 is 2.25. The average molecular weight is 486 g/mol. The summed E-state index contributed by atoms with van der Waals surface area (Å²) in [5.41, 5.74) is 1.48. The molecule has 7 nitrogen and oxygen atoms in total. The van der Waals surface area contributed by atoms with E-state index < -0.39 is 11.9 Å². The van der Waals surface area contributed by atoms with Crippen LogP contribution < -0.4 is 4.90 Å². The largest absolute Gasteiger partial charge is 0.461 e. The number of hydrogen-bond donors (Lipinski definition) is 0. The fraction of sp³-hybridized carbons (Fsp3) is 0.316. The summed E-state index contributed by atoms with van der Waals surface area (Å²) in [5, 5.41) is 0. The SMILES string of the molecule is C=CC(=O)OCCN(CCOC(=O)C=C)C(=O)c1ccc(N(C)CI)cc1. The predicted octanol–water partition coefficient (Wildman–Crippen LogP) is 2.42. The zero-order chi connectivity index (χ0) is 20.2. The van der Waals surface area contributed by atoms with Crippen molar-refractivity contribution in [1.82, 2.24) is 4.90 Å². The van der Waals surface area contributed by atoms with Crippen molar-refractivity contribution in [2.45, 2.75) is 0 Å². The van der Waals surface area contributed by atoms with Crippen LogP contribution in [0.25, 0.3) is 0 Å². The molecule has 1 rings (SSSR count). The molecule has 0 heterocycles. The third-order valence-electron chi connectivity index (χ3n) is 3.57. The highest BCUT2D eigenvalue weighted by Crippen LogP contribution is 2.16. The highest BCUT2D eigenvalue weighted by molar-refractivity contribution is 14.1. The van der Waals surface area contributed by atoms with Crippen LogP contribution in [0.1, 0.15) is 10.4 Å². The number of hydrogen-bond acceptors (Lipinski definition) is 6. The highest BCUT2D eigenvalue weighted by Gasteiger charge is 2.17. The van der Waals surface area contributed by atoms with Gasteiger partial charge in [0.15, 0.2) is 0 Å². The number of carbonyl (C=O) groups is 3. The van der Waals surface area contributed by atoms with Crippen LogP contribution in [0.2, 0.25) is 0 Å². The Bertz CT molecular complexity index is 649. The van der Waals surface area contributed by atoms with Crippen molar-refractivity contribution in [2.75, 3.05) is 42.8 Å². The standard InChI is InChI=1S/C19H23IN2O5/c1-4-17(23)26-12-10-22(11-13-27-18(24)5-2)19(25)15-6-8-16(9-7-15)21(3)14-20/h4-9H,1-2,10-14H2,3H3. The molecule has 0 unspecified atom stereocenters. The summed E-state index contributed by atoms with van der Waals surface area (Å²) in [6, 6.07) is 7.19. The number of rotatable bonds is 11. The van der Waals surface area contributed by atoms with E-state index in [2.05, 4.69) is 35.7 Å². The molecule has 0 saturated carbocycles. The molecule has 0 atom stereocenters. The van der Waals surface area contributed by atoms with Crippen LogP contribution in [0.5, 0.6) is 0 Å². The fourth-order valence-corrected chi connectivity index (χ4v) is 2.45. The maximum absolute atomic E-state index is 12.8. The summed E-state index contributed by atoms with van der Waals surface area (Å²) in [5.74, 6) is -1.37. The van der Waals surface area contributed by atoms with Crippen molar-refractivity contribution in [2.24, 2.45) is 0 Å². The number of amides is 1. The molecule has 1 aromatic rings. The first-order valence-corrected chi connectivity index (χ1v) is 9.70. The third-order valence-corrected chi connectivity index (χ3v) is 4.59. The molecule has 1 aromatic carbocycles. The van der Waals surface area contributed by atoms with Gasteiger partial charge in [0.25, 0.3) is 5.91 Å². The van der Waals surface area contributed by atoms with Crippen molar-refractivity contribution < 1.29 is 23.9 Å². The Balaban J connectivity index is 2.79. The van der Waals surface area contributed by atoms with Gasteiger partial charge in [-0.3, -0.25) is 4.79 Å². The first kappa shape index (κ1) is 22.7. The first-order valence-electron chi connectivity index (χ1n) is 8.17. The minimum atomic E-state index is -0.563. The number of benzene rings is 1. The van der Waals surface area contributed by atoms with Gasteiger partial charge in [-0.05, 0) is 24.3 Å². The second-order valence-electron chi connectivity index (χ2n) is 5.40. The van der Waals surface area contributed by atoms with Crippen LogP contribution in [-0.4, -0.2) is 60.6 Å². The quantitative estimate of drug-likeness (QED) is 0.157. The highest BCUT2D eigenvalue weighted by atomic mass is 127. The second kappa shape index (κ2) is 12.1. The number of anilines is 1. The molecule has 1 amide bonds. The lowest BCUT2D eigenvalue weighted by Gasteiger charge is -2.23. The molecular weight excluding hydrogens is 463 g/mol. The van der Waals surface area contributed by atoms with Crippen LogP contribution in [-0.2, 0) is 19.1 Å². The summed E-state index contributed by atoms with van der Waals surface area (Å²) in [6.45, 7) is 7.01. The lowest BCUT2D eigenvalue weighted by Crippen LogP contribution is -2.37. The van der Waals surface area contributed by atoms with E-state index in [1.807, 2.05) is 24.1 Å². The number of esters is 2. The number of carbonyl (C=O) groups excluding carboxylic acids is 3. The Morgan fingerprint density at radius 3 is 1.89 bits per heavy atom. The predicted molar refractivity (Wildman–Crippen MR) is 112 cm³/mol. The van der Waals surface area contributed by atoms with Crippen molar-refractivity contribution in [3.05, 3.63) is 55.1 Å². The van der Waals surface area contributed by atoms with Gasteiger partial charge in [0.05, 0.1) is 17.6 Å². The van der Waals surface area contributed by atoms with Gasteiger partial charge < -0.3 is 19.3 Å². The van der Waals surface area contributed by atoms with Crippen LogP contribution in [0.3, 0.4) is 0 Å². The van der Waals surface area contributed by atoms with E-state index in [1.54, 1.807) is 12.1 Å². The normalized spacial score (nSPS) is 9.85. The van der Waals surface area contributed by atoms with Crippen LogP contribution >= 0.6 is 22.6 Å². The van der Waals surface area contributed by atoms with Crippen molar-refractivity contribution in [3.8, 4) is 0 Å². The summed E-state index contributed by atoms with van der Waals surface area (Å²) < 4.78 is 10.7. The fourth-order valence-electron chi connectivity index (χ4n) is 2.06. The Morgan fingerprint density at radius 2 is 1.48 bits per heavy atom. The van der Waals surface area contributed by atoms with Crippen LogP contribution in [0.4, 0.5) is 5.69 Å². The van der Waals surface area contributed by atoms with E-state index in [1.165, 1.54) is 4.90 Å². The smallest absolute Gasteiger partial charge is 0.330 e. The lowest BCUT2D eigenvalue weighted by molar-refractivity contribution is -0.138. The number of halogens is 1. The molecule has 0 aromatic heterocycles. The third kappa shape index (κ3) is 7.81. The summed E-state index contributed by atoms with van der Waals surface area (Å²) in [6.07, 6.45) is 2.11. The molecule has 0 aliphatic heterocycles. The van der Waals surface area contributed by atoms with E-state index in [4.69, 9.17) is 9.47 Å². The molecule has 0 aliphatic rings. The molecule has 0 radical (unpaired) electrons. The zero-order valence-electron chi connectivity index (χ0n) is 15.2. The zero-order valence-corrected chi connectivity index (χ0v) is 17.4. The van der Waals surface area contributed by atoms with Gasteiger partial charge in [0.1, 0.15) is 13.2 Å². The van der Waals surface area contributed by atoms with Crippen molar-refractivity contribution in [1.29, 1.82) is 0 Å². The number of nitrogens with zero attached hydrogens (tertiary/aromatic N) is 2. The number of alkyl halides is 1. The van der Waals surface area contributed by atoms with Crippen LogP contribution in [0.15, 0.2) is 49.6 Å². The van der Waals surface area contributed by atoms with Gasteiger partial charge in [-0.15, -0.1) is 0 Å². The Hall–Kier alpha value is -2.36. The monoisotopic (exact) mass is 486 g/mol. The van der Waals surface area contributed by atoms with E-state index in [9.17, 15) is 14.4 Å². The van der Waals surface area contributed by atoms with Gasteiger partial charge in [-0.25, -0.2) is 9.59 Å². The van der Waals surface area contributed by atoms with Gasteiger partial charge in [0, 0.05) is 30.5 Å². The van der Waals surface area contributed by atoms with Gasteiger partial charge in [0.2, 0.25) is 0 Å². The lowest BCUT2D eigenvalue weighted by atomic mass is 10.1. The molecule has 0 fully saturated rings. The van der Waals surface area contributed by atoms with E-state index >= 15 is 0 Å². The van der Waals surface area contributed by atoms with Crippen molar-refractivity contribution in [3.63, 3.8) is 0 Å².